The van der Waals surface area contributed by atoms with Crippen molar-refractivity contribution in [2.75, 3.05) is 11.9 Å². The number of carbonyl (C=O) groups excluding carboxylic acids is 1. The molecule has 2 rings (SSSR count). The fourth-order valence-electron chi connectivity index (χ4n) is 1.85. The third-order valence-electron chi connectivity index (χ3n) is 2.66. The molecule has 2 atom stereocenters. The predicted octanol–water partition coefficient (Wildman–Crippen LogP) is 0.503. The van der Waals surface area contributed by atoms with E-state index in [-0.39, 0.29) is 13.0 Å². The SMILES string of the molecule is Cc1csc(NC(=O)N2CC(O)CC2C(=O)O)n1. The quantitative estimate of drug-likeness (QED) is 0.727. The van der Waals surface area contributed by atoms with E-state index in [9.17, 15) is 14.7 Å². The molecule has 2 heterocycles. The van der Waals surface area contributed by atoms with E-state index in [0.717, 1.165) is 10.6 Å². The highest BCUT2D eigenvalue weighted by molar-refractivity contribution is 7.13. The van der Waals surface area contributed by atoms with Crippen molar-refractivity contribution in [2.45, 2.75) is 25.5 Å². The van der Waals surface area contributed by atoms with Crippen LogP contribution in [-0.2, 0) is 4.79 Å². The van der Waals surface area contributed by atoms with Gasteiger partial charge in [0.15, 0.2) is 5.13 Å². The highest BCUT2D eigenvalue weighted by atomic mass is 32.1. The van der Waals surface area contributed by atoms with Gasteiger partial charge < -0.3 is 15.1 Å². The zero-order valence-corrected chi connectivity index (χ0v) is 10.5. The summed E-state index contributed by atoms with van der Waals surface area (Å²) >= 11 is 1.27. The Kier molecular flexibility index (Phi) is 3.48. The Bertz CT molecular complexity index is 475. The Balaban J connectivity index is 2.06. The third kappa shape index (κ3) is 2.59. The summed E-state index contributed by atoms with van der Waals surface area (Å²) in [4.78, 5) is 28.0. The molecule has 1 aliphatic rings. The Hall–Kier alpha value is -1.67. The van der Waals surface area contributed by atoms with Crippen molar-refractivity contribution in [3.8, 4) is 0 Å². The number of aliphatic hydroxyl groups excluding tert-OH is 1. The number of carbonyl (C=O) groups is 2. The Morgan fingerprint density at radius 2 is 2.33 bits per heavy atom. The van der Waals surface area contributed by atoms with Crippen molar-refractivity contribution < 1.29 is 19.8 Å². The van der Waals surface area contributed by atoms with Gasteiger partial charge in [0, 0.05) is 18.3 Å². The summed E-state index contributed by atoms with van der Waals surface area (Å²) in [6.45, 7) is 1.82. The number of anilines is 1. The number of urea groups is 1. The summed E-state index contributed by atoms with van der Waals surface area (Å²) < 4.78 is 0. The lowest BCUT2D eigenvalue weighted by Crippen LogP contribution is -2.43. The molecule has 1 saturated heterocycles. The van der Waals surface area contributed by atoms with E-state index < -0.39 is 24.1 Å². The van der Waals surface area contributed by atoms with Crippen LogP contribution in [0.25, 0.3) is 0 Å². The van der Waals surface area contributed by atoms with Gasteiger partial charge in [-0.3, -0.25) is 5.32 Å². The molecule has 18 heavy (non-hydrogen) atoms. The number of thiazole rings is 1. The van der Waals surface area contributed by atoms with Crippen molar-refractivity contribution in [2.24, 2.45) is 0 Å². The molecule has 0 spiro atoms. The van der Waals surface area contributed by atoms with Gasteiger partial charge in [0.05, 0.1) is 11.8 Å². The molecule has 1 aromatic rings. The lowest BCUT2D eigenvalue weighted by atomic mass is 10.2. The van der Waals surface area contributed by atoms with Crippen LogP contribution in [0.15, 0.2) is 5.38 Å². The molecule has 0 bridgehead atoms. The monoisotopic (exact) mass is 271 g/mol. The zero-order chi connectivity index (χ0) is 13.3. The number of hydrogen-bond acceptors (Lipinski definition) is 5. The van der Waals surface area contributed by atoms with Crippen LogP contribution in [0.4, 0.5) is 9.93 Å². The second-order valence-corrected chi connectivity index (χ2v) is 4.98. The maximum absolute atomic E-state index is 11.9. The smallest absolute Gasteiger partial charge is 0.326 e. The zero-order valence-electron chi connectivity index (χ0n) is 9.66. The molecular formula is C10H13N3O4S. The fraction of sp³-hybridized carbons (Fsp3) is 0.500. The van der Waals surface area contributed by atoms with Gasteiger partial charge in [-0.15, -0.1) is 11.3 Å². The number of nitrogens with one attached hydrogen (secondary N) is 1. The van der Waals surface area contributed by atoms with E-state index in [4.69, 9.17) is 5.11 Å². The Morgan fingerprint density at radius 3 is 2.89 bits per heavy atom. The number of hydrogen-bond donors (Lipinski definition) is 3. The topological polar surface area (TPSA) is 103 Å². The summed E-state index contributed by atoms with van der Waals surface area (Å²) in [6, 6.07) is -1.53. The number of aliphatic hydroxyl groups is 1. The summed E-state index contributed by atoms with van der Waals surface area (Å²) in [5, 5.41) is 23.1. The van der Waals surface area contributed by atoms with Gasteiger partial charge in [-0.2, -0.15) is 0 Å². The van der Waals surface area contributed by atoms with Crippen LogP contribution in [-0.4, -0.2) is 50.8 Å². The molecule has 2 unspecified atom stereocenters. The summed E-state index contributed by atoms with van der Waals surface area (Å²) in [7, 11) is 0. The van der Waals surface area contributed by atoms with Crippen molar-refractivity contribution in [1.29, 1.82) is 0 Å². The predicted molar refractivity (Wildman–Crippen MR) is 64.6 cm³/mol. The van der Waals surface area contributed by atoms with Gasteiger partial charge >= 0.3 is 12.0 Å². The number of amides is 2. The van der Waals surface area contributed by atoms with E-state index in [1.54, 1.807) is 12.3 Å². The van der Waals surface area contributed by atoms with Crippen LogP contribution in [0, 0.1) is 6.92 Å². The minimum atomic E-state index is -1.11. The van der Waals surface area contributed by atoms with Crippen LogP contribution in [0.1, 0.15) is 12.1 Å². The molecule has 2 amide bonds. The molecule has 8 heteroatoms. The molecule has 1 aromatic heterocycles. The first-order chi connectivity index (χ1) is 8.47. The van der Waals surface area contributed by atoms with Crippen molar-refractivity contribution in [1.82, 2.24) is 9.88 Å². The summed E-state index contributed by atoms with van der Waals surface area (Å²) in [5.41, 5.74) is 0.784. The fourth-order valence-corrected chi connectivity index (χ4v) is 2.52. The Labute approximate surface area is 107 Å². The lowest BCUT2D eigenvalue weighted by Gasteiger charge is -2.20. The number of aryl methyl sites for hydroxylation is 1. The largest absolute Gasteiger partial charge is 0.480 e. The van der Waals surface area contributed by atoms with Crippen LogP contribution >= 0.6 is 11.3 Å². The standard InChI is InChI=1S/C10H13N3O4S/c1-5-4-18-9(11-5)12-10(17)13-3-6(14)2-7(13)8(15)16/h4,6-7,14H,2-3H2,1H3,(H,15,16)(H,11,12,17). The summed E-state index contributed by atoms with van der Waals surface area (Å²) in [5.74, 6) is -1.11. The normalized spacial score (nSPS) is 23.1. The van der Waals surface area contributed by atoms with E-state index in [0.29, 0.717) is 5.13 Å². The number of likely N-dealkylation sites (tertiary alicyclic amines) is 1. The number of aliphatic carboxylic acids is 1. The molecule has 0 saturated carbocycles. The molecule has 1 aliphatic heterocycles. The molecular weight excluding hydrogens is 258 g/mol. The van der Waals surface area contributed by atoms with Crippen LogP contribution < -0.4 is 5.32 Å². The molecule has 1 fully saturated rings. The van der Waals surface area contributed by atoms with Crippen molar-refractivity contribution >= 4 is 28.5 Å². The van der Waals surface area contributed by atoms with Gasteiger partial charge in [0.1, 0.15) is 6.04 Å². The summed E-state index contributed by atoms with van der Waals surface area (Å²) in [6.07, 6.45) is -0.741. The van der Waals surface area contributed by atoms with Crippen LogP contribution in [0.5, 0.6) is 0 Å². The third-order valence-corrected chi connectivity index (χ3v) is 3.53. The van der Waals surface area contributed by atoms with Crippen LogP contribution in [0.2, 0.25) is 0 Å². The van der Waals surface area contributed by atoms with Gasteiger partial charge in [-0.05, 0) is 6.92 Å². The number of carboxylic acids is 1. The highest BCUT2D eigenvalue weighted by Gasteiger charge is 2.39. The molecule has 98 valence electrons. The second-order valence-electron chi connectivity index (χ2n) is 4.12. The molecule has 0 radical (unpaired) electrons. The number of carboxylic acid groups (broad SMARTS) is 1. The first kappa shape index (κ1) is 12.8. The van der Waals surface area contributed by atoms with Gasteiger partial charge in [-0.25, -0.2) is 14.6 Å². The maximum Gasteiger partial charge on any atom is 0.326 e. The van der Waals surface area contributed by atoms with Crippen LogP contribution in [0.3, 0.4) is 0 Å². The first-order valence-corrected chi connectivity index (χ1v) is 6.26. The van der Waals surface area contributed by atoms with E-state index in [1.165, 1.54) is 11.3 Å². The minimum absolute atomic E-state index is 0.0210. The highest BCUT2D eigenvalue weighted by Crippen LogP contribution is 2.21. The van der Waals surface area contributed by atoms with Gasteiger partial charge in [0.2, 0.25) is 0 Å². The lowest BCUT2D eigenvalue weighted by molar-refractivity contribution is -0.141. The minimum Gasteiger partial charge on any atom is -0.480 e. The number of β-amino-alcohol motifs (C(OH)–C–C–N with tert-alkyl or cyclic N) is 1. The molecule has 0 aromatic carbocycles. The molecule has 3 N–H and O–H groups in total. The van der Waals surface area contributed by atoms with Crippen molar-refractivity contribution in [3.05, 3.63) is 11.1 Å². The average molecular weight is 271 g/mol. The van der Waals surface area contributed by atoms with E-state index >= 15 is 0 Å². The molecule has 7 nitrogen and oxygen atoms in total. The van der Waals surface area contributed by atoms with E-state index in [1.807, 2.05) is 0 Å². The van der Waals surface area contributed by atoms with Gasteiger partial charge in [0.25, 0.3) is 0 Å². The number of nitrogens with zero attached hydrogens (tertiary/aromatic N) is 2. The molecule has 0 aliphatic carbocycles. The number of rotatable bonds is 2. The first-order valence-electron chi connectivity index (χ1n) is 5.38. The maximum atomic E-state index is 11.9. The average Bonchev–Trinajstić information content (AvgIpc) is 2.85. The number of aromatic nitrogens is 1. The Morgan fingerprint density at radius 1 is 1.61 bits per heavy atom. The van der Waals surface area contributed by atoms with E-state index in [2.05, 4.69) is 10.3 Å². The second kappa shape index (κ2) is 4.91. The van der Waals surface area contributed by atoms with Gasteiger partial charge in [-0.1, -0.05) is 0 Å². The van der Waals surface area contributed by atoms with Crippen molar-refractivity contribution in [3.63, 3.8) is 0 Å².